The minimum Gasteiger partial charge on any atom is -0.397 e. The van der Waals surface area contributed by atoms with Crippen LogP contribution in [0.2, 0.25) is 0 Å². The SMILES string of the molecule is Cc1nnc2c(c(C)c(C)n2C(C)C)c1N. The standard InChI is InChI=1S/C12H18N4/c1-6(2)16-9(5)7(3)10-11(13)8(4)14-15-12(10)16/h6H,1-5H3,(H2,13,15). The van der Waals surface area contributed by atoms with E-state index in [0.29, 0.717) is 6.04 Å². The highest BCUT2D eigenvalue weighted by Crippen LogP contribution is 2.31. The first-order valence-corrected chi connectivity index (χ1v) is 5.55. The largest absolute Gasteiger partial charge is 0.397 e. The van der Waals surface area contributed by atoms with Gasteiger partial charge in [0.15, 0.2) is 5.65 Å². The van der Waals surface area contributed by atoms with Crippen molar-refractivity contribution in [3.63, 3.8) is 0 Å². The summed E-state index contributed by atoms with van der Waals surface area (Å²) in [7, 11) is 0. The second kappa shape index (κ2) is 3.47. The number of hydrogen-bond donors (Lipinski definition) is 1. The van der Waals surface area contributed by atoms with E-state index in [1.54, 1.807) is 0 Å². The Morgan fingerprint density at radius 2 is 1.75 bits per heavy atom. The molecule has 2 N–H and O–H groups in total. The molecular formula is C12H18N4. The molecule has 16 heavy (non-hydrogen) atoms. The lowest BCUT2D eigenvalue weighted by Gasteiger charge is -2.11. The van der Waals surface area contributed by atoms with Crippen molar-refractivity contribution in [1.29, 1.82) is 0 Å². The van der Waals surface area contributed by atoms with Crippen molar-refractivity contribution in [3.05, 3.63) is 17.0 Å². The summed E-state index contributed by atoms with van der Waals surface area (Å²) in [5.74, 6) is 0. The molecule has 2 rings (SSSR count). The maximum Gasteiger partial charge on any atom is 0.165 e. The van der Waals surface area contributed by atoms with Crippen molar-refractivity contribution >= 4 is 16.7 Å². The van der Waals surface area contributed by atoms with E-state index in [4.69, 9.17) is 5.73 Å². The smallest absolute Gasteiger partial charge is 0.165 e. The molecule has 4 nitrogen and oxygen atoms in total. The molecular weight excluding hydrogens is 200 g/mol. The van der Waals surface area contributed by atoms with Gasteiger partial charge in [-0.3, -0.25) is 0 Å². The normalized spacial score (nSPS) is 11.6. The van der Waals surface area contributed by atoms with Crippen LogP contribution in [0.3, 0.4) is 0 Å². The molecule has 2 heterocycles. The van der Waals surface area contributed by atoms with Crippen LogP contribution in [0.4, 0.5) is 5.69 Å². The Balaban J connectivity index is 2.96. The molecule has 0 fully saturated rings. The summed E-state index contributed by atoms with van der Waals surface area (Å²) >= 11 is 0. The predicted molar refractivity (Wildman–Crippen MR) is 66.5 cm³/mol. The molecule has 0 aromatic carbocycles. The van der Waals surface area contributed by atoms with Gasteiger partial charge in [-0.25, -0.2) is 0 Å². The van der Waals surface area contributed by atoms with Gasteiger partial charge in [0.1, 0.15) is 0 Å². The van der Waals surface area contributed by atoms with E-state index in [2.05, 4.69) is 42.5 Å². The van der Waals surface area contributed by atoms with Crippen molar-refractivity contribution in [2.75, 3.05) is 5.73 Å². The van der Waals surface area contributed by atoms with E-state index in [0.717, 1.165) is 22.4 Å². The number of nitrogens with two attached hydrogens (primary N) is 1. The molecule has 2 aromatic rings. The molecule has 0 saturated carbocycles. The summed E-state index contributed by atoms with van der Waals surface area (Å²) in [6.07, 6.45) is 0. The van der Waals surface area contributed by atoms with Crippen molar-refractivity contribution in [2.24, 2.45) is 0 Å². The van der Waals surface area contributed by atoms with Crippen LogP contribution < -0.4 is 5.73 Å². The van der Waals surface area contributed by atoms with E-state index < -0.39 is 0 Å². The summed E-state index contributed by atoms with van der Waals surface area (Å²) in [4.78, 5) is 0. The Kier molecular flexibility index (Phi) is 2.37. The van der Waals surface area contributed by atoms with Crippen molar-refractivity contribution in [2.45, 2.75) is 40.7 Å². The van der Waals surface area contributed by atoms with Crippen molar-refractivity contribution in [1.82, 2.24) is 14.8 Å². The number of nitrogens with zero attached hydrogens (tertiary/aromatic N) is 3. The van der Waals surface area contributed by atoms with Gasteiger partial charge in [-0.15, -0.1) is 5.10 Å². The molecule has 0 atom stereocenters. The highest BCUT2D eigenvalue weighted by atomic mass is 15.2. The highest BCUT2D eigenvalue weighted by Gasteiger charge is 2.17. The van der Waals surface area contributed by atoms with E-state index in [1.165, 1.54) is 11.3 Å². The maximum atomic E-state index is 6.09. The summed E-state index contributed by atoms with van der Waals surface area (Å²) in [5.41, 5.74) is 11.0. The van der Waals surface area contributed by atoms with Crippen LogP contribution in [-0.4, -0.2) is 14.8 Å². The van der Waals surface area contributed by atoms with E-state index in [1.807, 2.05) is 6.92 Å². The maximum absolute atomic E-state index is 6.09. The number of aromatic nitrogens is 3. The van der Waals surface area contributed by atoms with E-state index in [9.17, 15) is 0 Å². The van der Waals surface area contributed by atoms with Crippen molar-refractivity contribution < 1.29 is 0 Å². The molecule has 0 bridgehead atoms. The number of rotatable bonds is 1. The molecule has 0 spiro atoms. The van der Waals surface area contributed by atoms with Gasteiger partial charge < -0.3 is 10.3 Å². The number of anilines is 1. The zero-order valence-corrected chi connectivity index (χ0v) is 10.5. The van der Waals surface area contributed by atoms with Gasteiger partial charge in [0.2, 0.25) is 0 Å². The Bertz CT molecular complexity index is 552. The van der Waals surface area contributed by atoms with Gasteiger partial charge in [0.05, 0.1) is 11.4 Å². The topological polar surface area (TPSA) is 56.7 Å². The predicted octanol–water partition coefficient (Wildman–Crippen LogP) is 2.52. The lowest BCUT2D eigenvalue weighted by molar-refractivity contribution is 0.599. The van der Waals surface area contributed by atoms with Crippen LogP contribution >= 0.6 is 0 Å². The minimum atomic E-state index is 0.368. The van der Waals surface area contributed by atoms with Gasteiger partial charge in [0, 0.05) is 17.1 Å². The van der Waals surface area contributed by atoms with Crippen LogP contribution in [0.15, 0.2) is 0 Å². The zero-order valence-electron chi connectivity index (χ0n) is 10.5. The van der Waals surface area contributed by atoms with Gasteiger partial charge in [-0.05, 0) is 40.2 Å². The van der Waals surface area contributed by atoms with Crippen LogP contribution in [0.1, 0.15) is 36.8 Å². The fraction of sp³-hybridized carbons (Fsp3) is 0.500. The second-order valence-corrected chi connectivity index (χ2v) is 4.57. The molecule has 0 radical (unpaired) electrons. The van der Waals surface area contributed by atoms with Gasteiger partial charge in [0.25, 0.3) is 0 Å². The summed E-state index contributed by atoms with van der Waals surface area (Å²) < 4.78 is 2.19. The lowest BCUT2D eigenvalue weighted by atomic mass is 10.1. The average Bonchev–Trinajstić information content (AvgIpc) is 2.46. The zero-order chi connectivity index (χ0) is 12.0. The fourth-order valence-corrected chi connectivity index (χ4v) is 2.22. The number of nitrogen functional groups attached to an aromatic ring is 1. The Hall–Kier alpha value is -1.58. The van der Waals surface area contributed by atoms with Gasteiger partial charge >= 0.3 is 0 Å². The van der Waals surface area contributed by atoms with Crippen LogP contribution in [0.25, 0.3) is 11.0 Å². The first-order valence-electron chi connectivity index (χ1n) is 5.55. The highest BCUT2D eigenvalue weighted by molar-refractivity contribution is 5.93. The Labute approximate surface area is 95.5 Å². The third-order valence-corrected chi connectivity index (χ3v) is 3.20. The summed E-state index contributed by atoms with van der Waals surface area (Å²) in [6.45, 7) is 10.4. The molecule has 2 aromatic heterocycles. The van der Waals surface area contributed by atoms with Gasteiger partial charge in [-0.1, -0.05) is 0 Å². The van der Waals surface area contributed by atoms with Crippen LogP contribution in [0, 0.1) is 20.8 Å². The molecule has 0 amide bonds. The van der Waals surface area contributed by atoms with Crippen molar-refractivity contribution in [3.8, 4) is 0 Å². The fourth-order valence-electron chi connectivity index (χ4n) is 2.22. The average molecular weight is 218 g/mol. The lowest BCUT2D eigenvalue weighted by Crippen LogP contribution is -2.05. The third-order valence-electron chi connectivity index (χ3n) is 3.20. The van der Waals surface area contributed by atoms with E-state index in [-0.39, 0.29) is 0 Å². The third kappa shape index (κ3) is 1.29. The number of fused-ring (bicyclic) bond motifs is 1. The molecule has 4 heteroatoms. The van der Waals surface area contributed by atoms with E-state index >= 15 is 0 Å². The molecule has 0 aliphatic rings. The molecule has 0 saturated heterocycles. The van der Waals surface area contributed by atoms with Gasteiger partial charge in [-0.2, -0.15) is 5.10 Å². The summed E-state index contributed by atoms with van der Waals surface area (Å²) in [5, 5.41) is 9.44. The number of hydrogen-bond acceptors (Lipinski definition) is 3. The first kappa shape index (κ1) is 10.9. The molecule has 86 valence electrons. The van der Waals surface area contributed by atoms with Crippen LogP contribution in [0.5, 0.6) is 0 Å². The Morgan fingerprint density at radius 1 is 1.12 bits per heavy atom. The first-order chi connectivity index (χ1) is 7.45. The molecule has 0 aliphatic heterocycles. The number of aryl methyl sites for hydroxylation is 2. The molecule has 0 aliphatic carbocycles. The quantitative estimate of drug-likeness (QED) is 0.800. The second-order valence-electron chi connectivity index (χ2n) is 4.57. The Morgan fingerprint density at radius 3 is 2.31 bits per heavy atom. The monoisotopic (exact) mass is 218 g/mol. The summed E-state index contributed by atoms with van der Waals surface area (Å²) in [6, 6.07) is 0.368. The minimum absolute atomic E-state index is 0.368. The molecule has 0 unspecified atom stereocenters. The van der Waals surface area contributed by atoms with Crippen LogP contribution in [-0.2, 0) is 0 Å².